The summed E-state index contributed by atoms with van der Waals surface area (Å²) in [6.45, 7) is 0. The molecule has 2 rings (SSSR count). The molecule has 0 saturated heterocycles. The lowest BCUT2D eigenvalue weighted by Gasteiger charge is -2.01. The summed E-state index contributed by atoms with van der Waals surface area (Å²) in [6.07, 6.45) is 0.744. The van der Waals surface area contributed by atoms with Crippen LogP contribution in [0, 0.1) is 0 Å². The first-order chi connectivity index (χ1) is 7.69. The average molecular weight is 290 g/mol. The van der Waals surface area contributed by atoms with E-state index in [9.17, 15) is 0 Å². The summed E-state index contributed by atoms with van der Waals surface area (Å²) in [5, 5.41) is 4.42. The number of rotatable bonds is 3. The summed E-state index contributed by atoms with van der Waals surface area (Å²) in [5.74, 6) is 0.671. The molecule has 5 heteroatoms. The normalized spacial score (nSPS) is 10.7. The van der Waals surface area contributed by atoms with Gasteiger partial charge in [0.05, 0.1) is 10.7 Å². The van der Waals surface area contributed by atoms with E-state index >= 15 is 0 Å². The lowest BCUT2D eigenvalue weighted by atomic mass is 10.1. The zero-order chi connectivity index (χ0) is 11.5. The van der Waals surface area contributed by atoms with Crippen LogP contribution in [0.4, 0.5) is 0 Å². The molecule has 0 atom stereocenters. The molecule has 1 nitrogen and oxygen atoms in total. The van der Waals surface area contributed by atoms with E-state index in [1.807, 2.05) is 17.5 Å². The SMILES string of the molecule is SCc1csc(Cc2ccc(Cl)cc2Cl)n1. The zero-order valence-corrected chi connectivity index (χ0v) is 11.5. The molecule has 16 heavy (non-hydrogen) atoms. The van der Waals surface area contributed by atoms with Crippen molar-refractivity contribution in [2.24, 2.45) is 0 Å². The molecular formula is C11H9Cl2NS2. The molecule has 0 saturated carbocycles. The highest BCUT2D eigenvalue weighted by Crippen LogP contribution is 2.24. The molecule has 0 unspecified atom stereocenters. The largest absolute Gasteiger partial charge is 0.245 e. The molecule has 0 N–H and O–H groups in total. The maximum Gasteiger partial charge on any atom is 0.0973 e. The minimum atomic E-state index is 0.656. The average Bonchev–Trinajstić information content (AvgIpc) is 2.70. The number of benzene rings is 1. The van der Waals surface area contributed by atoms with Crippen molar-refractivity contribution in [1.29, 1.82) is 0 Å². The van der Waals surface area contributed by atoms with Crippen LogP contribution in [0.5, 0.6) is 0 Å². The third-order valence-electron chi connectivity index (χ3n) is 2.12. The molecule has 1 aromatic heterocycles. The highest BCUT2D eigenvalue weighted by atomic mass is 35.5. The van der Waals surface area contributed by atoms with E-state index in [-0.39, 0.29) is 0 Å². The van der Waals surface area contributed by atoms with Crippen molar-refractivity contribution in [2.45, 2.75) is 12.2 Å². The number of thiol groups is 1. The number of nitrogens with zero attached hydrogens (tertiary/aromatic N) is 1. The van der Waals surface area contributed by atoms with Crippen molar-refractivity contribution in [1.82, 2.24) is 4.98 Å². The van der Waals surface area contributed by atoms with Crippen molar-refractivity contribution in [3.05, 3.63) is 49.9 Å². The molecule has 0 bridgehead atoms. The number of hydrogen-bond donors (Lipinski definition) is 1. The molecule has 1 aromatic carbocycles. The van der Waals surface area contributed by atoms with E-state index in [2.05, 4.69) is 17.6 Å². The van der Waals surface area contributed by atoms with Gasteiger partial charge in [0.15, 0.2) is 0 Å². The van der Waals surface area contributed by atoms with Gasteiger partial charge in [-0.05, 0) is 17.7 Å². The van der Waals surface area contributed by atoms with Gasteiger partial charge in [0.25, 0.3) is 0 Å². The Morgan fingerprint density at radius 1 is 1.31 bits per heavy atom. The van der Waals surface area contributed by atoms with E-state index in [1.165, 1.54) is 0 Å². The van der Waals surface area contributed by atoms with Crippen LogP contribution in [0.25, 0.3) is 0 Å². The van der Waals surface area contributed by atoms with Gasteiger partial charge in [-0.25, -0.2) is 4.98 Å². The maximum absolute atomic E-state index is 6.10. The van der Waals surface area contributed by atoms with Gasteiger partial charge in [0, 0.05) is 27.6 Å². The summed E-state index contributed by atoms with van der Waals surface area (Å²) in [4.78, 5) is 4.44. The molecule has 0 aliphatic carbocycles. The molecule has 0 aliphatic heterocycles. The Morgan fingerprint density at radius 3 is 2.75 bits per heavy atom. The van der Waals surface area contributed by atoms with Crippen molar-refractivity contribution in [2.75, 3.05) is 0 Å². The van der Waals surface area contributed by atoms with Gasteiger partial charge in [-0.15, -0.1) is 11.3 Å². The Labute approximate surface area is 114 Å². The monoisotopic (exact) mass is 289 g/mol. The Balaban J connectivity index is 2.20. The highest BCUT2D eigenvalue weighted by molar-refractivity contribution is 7.79. The molecule has 0 radical (unpaired) electrons. The summed E-state index contributed by atoms with van der Waals surface area (Å²) in [5.41, 5.74) is 2.06. The molecule has 1 heterocycles. The molecular weight excluding hydrogens is 281 g/mol. The molecule has 84 valence electrons. The van der Waals surface area contributed by atoms with Gasteiger partial charge in [0.1, 0.15) is 0 Å². The van der Waals surface area contributed by atoms with Crippen molar-refractivity contribution >= 4 is 47.2 Å². The van der Waals surface area contributed by atoms with E-state index in [0.29, 0.717) is 15.8 Å². The number of aromatic nitrogens is 1. The number of thiazole rings is 1. The molecule has 0 amide bonds. The van der Waals surface area contributed by atoms with E-state index < -0.39 is 0 Å². The van der Waals surface area contributed by atoms with Gasteiger partial charge in [-0.1, -0.05) is 29.3 Å². The van der Waals surface area contributed by atoms with Crippen molar-refractivity contribution in [3.8, 4) is 0 Å². The molecule has 0 fully saturated rings. The summed E-state index contributed by atoms with van der Waals surface area (Å²) < 4.78 is 0. The molecule has 2 aromatic rings. The first kappa shape index (κ1) is 12.2. The van der Waals surface area contributed by atoms with E-state index in [4.69, 9.17) is 23.2 Å². The first-order valence-corrected chi connectivity index (χ1v) is 6.94. The summed E-state index contributed by atoms with van der Waals surface area (Å²) in [7, 11) is 0. The van der Waals surface area contributed by atoms with Crippen LogP contribution in [0.3, 0.4) is 0 Å². The van der Waals surface area contributed by atoms with E-state index in [0.717, 1.165) is 22.7 Å². The standard InChI is InChI=1S/C11H9Cl2NS2/c12-8-2-1-7(10(13)4-8)3-11-14-9(5-15)6-16-11/h1-2,4,6,15H,3,5H2. The second-order valence-electron chi connectivity index (χ2n) is 3.30. The third-order valence-corrected chi connectivity index (χ3v) is 3.93. The van der Waals surface area contributed by atoms with Crippen LogP contribution in [-0.4, -0.2) is 4.98 Å². The highest BCUT2D eigenvalue weighted by Gasteiger charge is 2.06. The smallest absolute Gasteiger partial charge is 0.0973 e. The Kier molecular flexibility index (Phi) is 4.14. The van der Waals surface area contributed by atoms with Crippen molar-refractivity contribution in [3.63, 3.8) is 0 Å². The fourth-order valence-corrected chi connectivity index (χ4v) is 2.91. The van der Waals surface area contributed by atoms with Gasteiger partial charge < -0.3 is 0 Å². The minimum absolute atomic E-state index is 0.656. The fraction of sp³-hybridized carbons (Fsp3) is 0.182. The second-order valence-corrected chi connectivity index (χ2v) is 5.41. The third kappa shape index (κ3) is 2.92. The number of hydrogen-bond acceptors (Lipinski definition) is 3. The summed E-state index contributed by atoms with van der Waals surface area (Å²) >= 11 is 17.8. The number of halogens is 2. The van der Waals surface area contributed by atoms with Gasteiger partial charge in [0.2, 0.25) is 0 Å². The Bertz CT molecular complexity index is 496. The Morgan fingerprint density at radius 2 is 2.12 bits per heavy atom. The van der Waals surface area contributed by atoms with E-state index in [1.54, 1.807) is 17.4 Å². The lowest BCUT2D eigenvalue weighted by molar-refractivity contribution is 1.10. The Hall–Kier alpha value is -0.220. The minimum Gasteiger partial charge on any atom is -0.245 e. The van der Waals surface area contributed by atoms with Gasteiger partial charge >= 0.3 is 0 Å². The zero-order valence-electron chi connectivity index (χ0n) is 8.28. The quantitative estimate of drug-likeness (QED) is 0.823. The first-order valence-electron chi connectivity index (χ1n) is 4.67. The van der Waals surface area contributed by atoms with Gasteiger partial charge in [-0.3, -0.25) is 0 Å². The van der Waals surface area contributed by atoms with Crippen LogP contribution in [0.1, 0.15) is 16.3 Å². The van der Waals surface area contributed by atoms with Crippen LogP contribution in [0.2, 0.25) is 10.0 Å². The molecule has 0 spiro atoms. The van der Waals surface area contributed by atoms with Crippen LogP contribution in [0.15, 0.2) is 23.6 Å². The molecule has 0 aliphatic rings. The topological polar surface area (TPSA) is 12.9 Å². The second kappa shape index (κ2) is 5.41. The predicted octanol–water partition coefficient (Wildman–Crippen LogP) is 4.47. The van der Waals surface area contributed by atoms with Crippen LogP contribution in [-0.2, 0) is 12.2 Å². The van der Waals surface area contributed by atoms with Crippen LogP contribution < -0.4 is 0 Å². The maximum atomic E-state index is 6.10. The lowest BCUT2D eigenvalue weighted by Crippen LogP contribution is -1.89. The summed E-state index contributed by atoms with van der Waals surface area (Å²) in [6, 6.07) is 5.54. The van der Waals surface area contributed by atoms with Crippen molar-refractivity contribution < 1.29 is 0 Å². The predicted molar refractivity (Wildman–Crippen MR) is 74.1 cm³/mol. The fourth-order valence-electron chi connectivity index (χ4n) is 1.33. The van der Waals surface area contributed by atoms with Gasteiger partial charge in [-0.2, -0.15) is 12.6 Å². The van der Waals surface area contributed by atoms with Crippen LogP contribution >= 0.6 is 47.2 Å².